The number of benzene rings is 3. The van der Waals surface area contributed by atoms with Crippen LogP contribution in [0, 0.1) is 24.7 Å². The molecule has 0 bridgehead atoms. The van der Waals surface area contributed by atoms with Crippen molar-refractivity contribution in [3.8, 4) is 23.0 Å². The highest BCUT2D eigenvalue weighted by molar-refractivity contribution is 7.89. The lowest BCUT2D eigenvalue weighted by atomic mass is 10.1. The number of hydrogen-bond acceptors (Lipinski definition) is 5. The summed E-state index contributed by atoms with van der Waals surface area (Å²) in [7, 11) is -4.01. The van der Waals surface area contributed by atoms with E-state index in [2.05, 4.69) is 21.9 Å². The number of anilines is 1. The van der Waals surface area contributed by atoms with Gasteiger partial charge in [-0.1, -0.05) is 50.1 Å². The number of fused-ring (bicyclic) bond motifs is 1. The third-order valence-electron chi connectivity index (χ3n) is 6.28. The van der Waals surface area contributed by atoms with Gasteiger partial charge in [-0.3, -0.25) is 9.59 Å². The molecule has 0 aliphatic heterocycles. The van der Waals surface area contributed by atoms with E-state index in [1.165, 1.54) is 12.1 Å². The molecule has 1 heterocycles. The van der Waals surface area contributed by atoms with E-state index in [4.69, 9.17) is 4.42 Å². The molecule has 0 spiro atoms. The minimum Gasteiger partial charge on any atom is -0.480 e. The smallest absolute Gasteiger partial charge is 0.322 e. The molecule has 200 valence electrons. The van der Waals surface area contributed by atoms with E-state index in [1.807, 2.05) is 19.1 Å². The van der Waals surface area contributed by atoms with Gasteiger partial charge in [-0.15, -0.1) is 5.92 Å². The molecule has 0 radical (unpaired) electrons. The van der Waals surface area contributed by atoms with Crippen molar-refractivity contribution in [2.75, 3.05) is 5.32 Å². The van der Waals surface area contributed by atoms with Gasteiger partial charge in [0.15, 0.2) is 5.76 Å². The Kier molecular flexibility index (Phi) is 7.90. The quantitative estimate of drug-likeness (QED) is 0.254. The summed E-state index contributed by atoms with van der Waals surface area (Å²) in [5.74, 6) is 4.11. The summed E-state index contributed by atoms with van der Waals surface area (Å²) in [4.78, 5) is 24.3. The SMILES string of the molecule is CC#Cc1cccc2oc(C(=O)Nc3ccc(-c4ccc(S(=O)(=O)NC(C(=O)O)C(C)C)cc4)cc3)c(C)c12. The molecular weight excluding hydrogens is 516 g/mol. The summed E-state index contributed by atoms with van der Waals surface area (Å²) >= 11 is 0. The molecule has 1 amide bonds. The van der Waals surface area contributed by atoms with E-state index < -0.39 is 28.0 Å². The Balaban J connectivity index is 1.49. The monoisotopic (exact) mass is 544 g/mol. The molecule has 3 N–H and O–H groups in total. The molecule has 9 heteroatoms. The Bertz CT molecular complexity index is 1710. The van der Waals surface area contributed by atoms with Crippen LogP contribution in [0.2, 0.25) is 0 Å². The molecule has 3 aromatic carbocycles. The molecule has 0 fully saturated rings. The number of carboxylic acids is 1. The molecule has 1 aromatic heterocycles. The van der Waals surface area contributed by atoms with Crippen LogP contribution in [0.5, 0.6) is 0 Å². The largest absolute Gasteiger partial charge is 0.480 e. The second-order valence-corrected chi connectivity index (χ2v) is 11.1. The van der Waals surface area contributed by atoms with Crippen molar-refractivity contribution >= 4 is 38.6 Å². The Morgan fingerprint density at radius 2 is 1.56 bits per heavy atom. The Hall–Kier alpha value is -4.39. The Morgan fingerprint density at radius 3 is 2.13 bits per heavy atom. The Morgan fingerprint density at radius 1 is 0.949 bits per heavy atom. The summed E-state index contributed by atoms with van der Waals surface area (Å²) < 4.78 is 33.4. The third-order valence-corrected chi connectivity index (χ3v) is 7.73. The molecule has 0 aliphatic rings. The van der Waals surface area contributed by atoms with Crippen LogP contribution in [0.25, 0.3) is 22.1 Å². The van der Waals surface area contributed by atoms with E-state index in [1.54, 1.807) is 63.2 Å². The van der Waals surface area contributed by atoms with Gasteiger partial charge in [-0.25, -0.2) is 8.42 Å². The fourth-order valence-corrected chi connectivity index (χ4v) is 5.56. The average Bonchev–Trinajstić information content (AvgIpc) is 3.25. The first kappa shape index (κ1) is 27.6. The zero-order chi connectivity index (χ0) is 28.3. The fraction of sp³-hybridized carbons (Fsp3) is 0.200. The fourth-order valence-electron chi connectivity index (χ4n) is 4.23. The molecular formula is C30H28N2O6S. The van der Waals surface area contributed by atoms with Crippen molar-refractivity contribution in [3.63, 3.8) is 0 Å². The number of carbonyl (C=O) groups is 2. The van der Waals surface area contributed by atoms with Crippen LogP contribution in [0.3, 0.4) is 0 Å². The molecule has 1 unspecified atom stereocenters. The van der Waals surface area contributed by atoms with E-state index >= 15 is 0 Å². The van der Waals surface area contributed by atoms with Crippen LogP contribution < -0.4 is 10.0 Å². The number of amides is 1. The zero-order valence-corrected chi connectivity index (χ0v) is 22.7. The normalized spacial score (nSPS) is 12.1. The average molecular weight is 545 g/mol. The summed E-state index contributed by atoms with van der Waals surface area (Å²) in [6, 6.07) is 17.5. The third kappa shape index (κ3) is 5.87. The van der Waals surface area contributed by atoms with E-state index in [9.17, 15) is 23.1 Å². The number of hydrogen-bond donors (Lipinski definition) is 3. The predicted molar refractivity (Wildman–Crippen MR) is 150 cm³/mol. The minimum atomic E-state index is -4.01. The van der Waals surface area contributed by atoms with Crippen molar-refractivity contribution in [1.82, 2.24) is 4.72 Å². The second-order valence-electron chi connectivity index (χ2n) is 9.35. The first-order chi connectivity index (χ1) is 18.5. The van der Waals surface area contributed by atoms with Crippen LogP contribution in [0.4, 0.5) is 5.69 Å². The maximum absolute atomic E-state index is 13.0. The van der Waals surface area contributed by atoms with Crippen molar-refractivity contribution < 1.29 is 27.5 Å². The van der Waals surface area contributed by atoms with Gasteiger partial charge in [-0.05, 0) is 67.3 Å². The highest BCUT2D eigenvalue weighted by Crippen LogP contribution is 2.29. The van der Waals surface area contributed by atoms with Crippen molar-refractivity contribution in [2.24, 2.45) is 5.92 Å². The highest BCUT2D eigenvalue weighted by atomic mass is 32.2. The molecule has 1 atom stereocenters. The van der Waals surface area contributed by atoms with Crippen LogP contribution in [0.1, 0.15) is 42.5 Å². The van der Waals surface area contributed by atoms with Crippen LogP contribution in [-0.4, -0.2) is 31.4 Å². The van der Waals surface area contributed by atoms with Crippen molar-refractivity contribution in [3.05, 3.63) is 83.6 Å². The zero-order valence-electron chi connectivity index (χ0n) is 21.9. The first-order valence-electron chi connectivity index (χ1n) is 12.2. The standard InChI is InChI=1S/C30H28N2O6S/c1-5-7-22-8-6-9-25-26(22)19(4)28(38-25)29(33)31-23-14-10-20(11-15-23)21-12-16-24(17-13-21)39(36,37)32-27(18(2)3)30(34)35/h6,8-18,27,32H,1-4H3,(H,31,33)(H,34,35). The molecule has 39 heavy (non-hydrogen) atoms. The topological polar surface area (TPSA) is 126 Å². The summed E-state index contributed by atoms with van der Waals surface area (Å²) in [6.07, 6.45) is 0. The number of furan rings is 1. The predicted octanol–water partition coefficient (Wildman–Crippen LogP) is 5.42. The number of nitrogens with one attached hydrogen (secondary N) is 2. The highest BCUT2D eigenvalue weighted by Gasteiger charge is 2.28. The van der Waals surface area contributed by atoms with Crippen molar-refractivity contribution in [2.45, 2.75) is 38.6 Å². The lowest BCUT2D eigenvalue weighted by Gasteiger charge is -2.18. The van der Waals surface area contributed by atoms with Gasteiger partial charge in [0.1, 0.15) is 11.6 Å². The van der Waals surface area contributed by atoms with Crippen LogP contribution in [0.15, 0.2) is 76.0 Å². The number of carboxylic acid groups (broad SMARTS) is 1. The number of rotatable bonds is 8. The molecule has 0 saturated carbocycles. The minimum absolute atomic E-state index is 0.0312. The summed E-state index contributed by atoms with van der Waals surface area (Å²) in [6.45, 7) is 6.85. The lowest BCUT2D eigenvalue weighted by Crippen LogP contribution is -2.44. The van der Waals surface area contributed by atoms with Gasteiger partial charge in [0, 0.05) is 22.2 Å². The summed E-state index contributed by atoms with van der Waals surface area (Å²) in [5.41, 5.74) is 4.23. The van der Waals surface area contributed by atoms with Gasteiger partial charge >= 0.3 is 5.97 Å². The van der Waals surface area contributed by atoms with Crippen molar-refractivity contribution in [1.29, 1.82) is 0 Å². The van der Waals surface area contributed by atoms with Gasteiger partial charge in [0.25, 0.3) is 5.91 Å². The molecule has 4 rings (SSSR count). The van der Waals surface area contributed by atoms with Gasteiger partial charge in [0.05, 0.1) is 4.90 Å². The Labute approximate surface area is 227 Å². The van der Waals surface area contributed by atoms with Gasteiger partial charge < -0.3 is 14.8 Å². The summed E-state index contributed by atoms with van der Waals surface area (Å²) in [5, 5.41) is 13.0. The lowest BCUT2D eigenvalue weighted by molar-refractivity contribution is -0.140. The molecule has 8 nitrogen and oxygen atoms in total. The second kappa shape index (κ2) is 11.2. The number of aliphatic carboxylic acids is 1. The molecule has 4 aromatic rings. The maximum Gasteiger partial charge on any atom is 0.322 e. The maximum atomic E-state index is 13.0. The van der Waals surface area contributed by atoms with E-state index in [0.717, 1.165) is 22.1 Å². The molecule has 0 aliphatic carbocycles. The molecule has 0 saturated heterocycles. The first-order valence-corrected chi connectivity index (χ1v) is 13.7. The number of aryl methyl sites for hydroxylation is 1. The van der Waals surface area contributed by atoms with Gasteiger partial charge in [-0.2, -0.15) is 4.72 Å². The van der Waals surface area contributed by atoms with E-state index in [-0.39, 0.29) is 16.6 Å². The van der Waals surface area contributed by atoms with Crippen LogP contribution in [-0.2, 0) is 14.8 Å². The van der Waals surface area contributed by atoms with E-state index in [0.29, 0.717) is 16.8 Å². The van der Waals surface area contributed by atoms with Crippen LogP contribution >= 0.6 is 0 Å². The van der Waals surface area contributed by atoms with Gasteiger partial charge in [0.2, 0.25) is 10.0 Å². The number of carbonyl (C=O) groups excluding carboxylic acids is 1. The number of sulfonamides is 1.